The Bertz CT molecular complexity index is 516. The van der Waals surface area contributed by atoms with E-state index in [1.807, 2.05) is 0 Å². The van der Waals surface area contributed by atoms with Gasteiger partial charge < -0.3 is 15.3 Å². The Kier molecular flexibility index (Phi) is 5.41. The predicted octanol–water partition coefficient (Wildman–Crippen LogP) is 1.96. The summed E-state index contributed by atoms with van der Waals surface area (Å²) in [6.07, 6.45) is 0.134. The number of piperazine rings is 1. The number of anilines is 1. The maximum Gasteiger partial charge on any atom is 0.321 e. The highest BCUT2D eigenvalue weighted by molar-refractivity contribution is 6.30. The van der Waals surface area contributed by atoms with Gasteiger partial charge in [-0.2, -0.15) is 0 Å². The van der Waals surface area contributed by atoms with Gasteiger partial charge in [-0.3, -0.25) is 9.69 Å². The van der Waals surface area contributed by atoms with E-state index >= 15 is 0 Å². The average Bonchev–Trinajstić information content (AvgIpc) is 2.45. The lowest BCUT2D eigenvalue weighted by Gasteiger charge is -2.34. The molecule has 0 spiro atoms. The topological polar surface area (TPSA) is 72.9 Å². The van der Waals surface area contributed by atoms with E-state index in [0.717, 1.165) is 0 Å². The summed E-state index contributed by atoms with van der Waals surface area (Å²) in [5.41, 5.74) is 0.667. The average molecular weight is 312 g/mol. The van der Waals surface area contributed by atoms with Gasteiger partial charge in [0.1, 0.15) is 0 Å². The zero-order valence-electron chi connectivity index (χ0n) is 11.6. The first-order valence-electron chi connectivity index (χ1n) is 6.80. The molecule has 1 aromatic rings. The maximum atomic E-state index is 12.1. The lowest BCUT2D eigenvalue weighted by atomic mass is 10.3. The molecule has 0 aliphatic carbocycles. The zero-order chi connectivity index (χ0) is 15.2. The highest BCUT2D eigenvalue weighted by Crippen LogP contribution is 2.15. The van der Waals surface area contributed by atoms with E-state index in [4.69, 9.17) is 16.7 Å². The van der Waals surface area contributed by atoms with E-state index in [0.29, 0.717) is 43.4 Å². The van der Waals surface area contributed by atoms with Crippen LogP contribution in [0.15, 0.2) is 24.3 Å². The highest BCUT2D eigenvalue weighted by atomic mass is 35.5. The van der Waals surface area contributed by atoms with Crippen molar-refractivity contribution in [3.63, 3.8) is 0 Å². The minimum absolute atomic E-state index is 0.134. The van der Waals surface area contributed by atoms with Gasteiger partial charge in [-0.25, -0.2) is 4.79 Å². The van der Waals surface area contributed by atoms with Crippen LogP contribution in [0.2, 0.25) is 5.02 Å². The molecular formula is C14H18ClN3O3. The lowest BCUT2D eigenvalue weighted by molar-refractivity contribution is -0.137. The van der Waals surface area contributed by atoms with Crippen molar-refractivity contribution in [2.45, 2.75) is 6.42 Å². The van der Waals surface area contributed by atoms with Crippen LogP contribution in [0.25, 0.3) is 0 Å². The Hall–Kier alpha value is -1.79. The number of halogens is 1. The number of carboxylic acids is 1. The van der Waals surface area contributed by atoms with Crippen LogP contribution < -0.4 is 5.32 Å². The first-order valence-corrected chi connectivity index (χ1v) is 7.18. The van der Waals surface area contributed by atoms with Crippen molar-refractivity contribution in [3.8, 4) is 0 Å². The van der Waals surface area contributed by atoms with Gasteiger partial charge in [0, 0.05) is 43.4 Å². The molecule has 6 nitrogen and oxygen atoms in total. The van der Waals surface area contributed by atoms with Crippen LogP contribution in [0.1, 0.15) is 6.42 Å². The number of carbonyl (C=O) groups excluding carboxylic acids is 1. The van der Waals surface area contributed by atoms with Gasteiger partial charge >= 0.3 is 12.0 Å². The number of carbonyl (C=O) groups is 2. The Morgan fingerprint density at radius 3 is 2.57 bits per heavy atom. The number of carboxylic acid groups (broad SMARTS) is 1. The molecule has 7 heteroatoms. The van der Waals surface area contributed by atoms with Crippen molar-refractivity contribution in [2.24, 2.45) is 0 Å². The number of nitrogens with zero attached hydrogens (tertiary/aromatic N) is 2. The molecule has 2 amide bonds. The van der Waals surface area contributed by atoms with Gasteiger partial charge in [0.2, 0.25) is 0 Å². The quantitative estimate of drug-likeness (QED) is 0.891. The summed E-state index contributed by atoms with van der Waals surface area (Å²) >= 11 is 5.87. The molecule has 0 unspecified atom stereocenters. The van der Waals surface area contributed by atoms with Crippen LogP contribution in [-0.4, -0.2) is 59.6 Å². The summed E-state index contributed by atoms with van der Waals surface area (Å²) in [6, 6.07) is 6.85. The van der Waals surface area contributed by atoms with Crippen molar-refractivity contribution >= 4 is 29.3 Å². The summed E-state index contributed by atoms with van der Waals surface area (Å²) in [7, 11) is 0. The second-order valence-electron chi connectivity index (χ2n) is 4.91. The second-order valence-corrected chi connectivity index (χ2v) is 5.35. The normalized spacial score (nSPS) is 15.8. The van der Waals surface area contributed by atoms with Crippen molar-refractivity contribution in [3.05, 3.63) is 29.3 Å². The van der Waals surface area contributed by atoms with Gasteiger partial charge in [0.05, 0.1) is 6.42 Å². The largest absolute Gasteiger partial charge is 0.481 e. The zero-order valence-corrected chi connectivity index (χ0v) is 12.3. The standard InChI is InChI=1S/C14H18ClN3O3/c15-11-2-1-3-12(10-11)16-14(21)18-8-6-17(7-9-18)5-4-13(19)20/h1-3,10H,4-9H2,(H,16,21)(H,19,20). The fraction of sp³-hybridized carbons (Fsp3) is 0.429. The van der Waals surface area contributed by atoms with Crippen LogP contribution in [0.4, 0.5) is 10.5 Å². The van der Waals surface area contributed by atoms with Gasteiger partial charge in [-0.1, -0.05) is 17.7 Å². The summed E-state index contributed by atoms with van der Waals surface area (Å²) in [6.45, 7) is 3.09. The van der Waals surface area contributed by atoms with E-state index in [9.17, 15) is 9.59 Å². The molecule has 0 atom stereocenters. The summed E-state index contributed by atoms with van der Waals surface area (Å²) in [5.74, 6) is -0.795. The Balaban J connectivity index is 1.79. The molecular weight excluding hydrogens is 294 g/mol. The van der Waals surface area contributed by atoms with E-state index in [1.54, 1.807) is 29.2 Å². The Morgan fingerprint density at radius 1 is 1.24 bits per heavy atom. The first kappa shape index (κ1) is 15.6. The molecule has 1 saturated heterocycles. The number of amides is 2. The molecule has 1 aliphatic rings. The molecule has 0 saturated carbocycles. The monoisotopic (exact) mass is 311 g/mol. The van der Waals surface area contributed by atoms with E-state index in [-0.39, 0.29) is 12.5 Å². The molecule has 114 valence electrons. The first-order chi connectivity index (χ1) is 10.0. The van der Waals surface area contributed by atoms with Gasteiger partial charge in [0.15, 0.2) is 0 Å². The summed E-state index contributed by atoms with van der Waals surface area (Å²) in [4.78, 5) is 26.4. The number of benzene rings is 1. The van der Waals surface area contributed by atoms with Crippen LogP contribution >= 0.6 is 11.6 Å². The third kappa shape index (κ3) is 4.91. The van der Waals surface area contributed by atoms with E-state index in [1.165, 1.54) is 0 Å². The minimum Gasteiger partial charge on any atom is -0.481 e. The Labute approximate surface area is 128 Å². The molecule has 1 aromatic carbocycles. The third-order valence-corrected chi connectivity index (χ3v) is 3.61. The van der Waals surface area contributed by atoms with Gasteiger partial charge in [-0.15, -0.1) is 0 Å². The SMILES string of the molecule is O=C(O)CCN1CCN(C(=O)Nc2cccc(Cl)c2)CC1. The van der Waals surface area contributed by atoms with Gasteiger partial charge in [-0.05, 0) is 18.2 Å². The fourth-order valence-electron chi connectivity index (χ4n) is 2.20. The second kappa shape index (κ2) is 7.28. The molecule has 2 rings (SSSR count). The van der Waals surface area contributed by atoms with Gasteiger partial charge in [0.25, 0.3) is 0 Å². The van der Waals surface area contributed by atoms with Crippen molar-refractivity contribution < 1.29 is 14.7 Å². The fourth-order valence-corrected chi connectivity index (χ4v) is 2.39. The van der Waals surface area contributed by atoms with Crippen LogP contribution in [0.3, 0.4) is 0 Å². The maximum absolute atomic E-state index is 12.1. The molecule has 1 aliphatic heterocycles. The third-order valence-electron chi connectivity index (χ3n) is 3.38. The van der Waals surface area contributed by atoms with Crippen LogP contribution in [-0.2, 0) is 4.79 Å². The van der Waals surface area contributed by atoms with E-state index in [2.05, 4.69) is 10.2 Å². The molecule has 0 aromatic heterocycles. The number of aliphatic carboxylic acids is 1. The number of hydrogen-bond donors (Lipinski definition) is 2. The number of rotatable bonds is 4. The minimum atomic E-state index is -0.795. The van der Waals surface area contributed by atoms with Crippen LogP contribution in [0.5, 0.6) is 0 Å². The smallest absolute Gasteiger partial charge is 0.321 e. The molecule has 1 heterocycles. The predicted molar refractivity (Wildman–Crippen MR) is 80.7 cm³/mol. The summed E-state index contributed by atoms with van der Waals surface area (Å²) in [5, 5.41) is 12.0. The molecule has 0 radical (unpaired) electrons. The molecule has 1 fully saturated rings. The molecule has 2 N–H and O–H groups in total. The molecule has 0 bridgehead atoms. The lowest BCUT2D eigenvalue weighted by Crippen LogP contribution is -2.50. The van der Waals surface area contributed by atoms with Crippen molar-refractivity contribution in [1.82, 2.24) is 9.80 Å². The highest BCUT2D eigenvalue weighted by Gasteiger charge is 2.21. The van der Waals surface area contributed by atoms with Crippen LogP contribution in [0, 0.1) is 0 Å². The summed E-state index contributed by atoms with van der Waals surface area (Å²) < 4.78 is 0. The Morgan fingerprint density at radius 2 is 1.95 bits per heavy atom. The molecule has 21 heavy (non-hydrogen) atoms. The van der Waals surface area contributed by atoms with E-state index < -0.39 is 5.97 Å². The van der Waals surface area contributed by atoms with Crippen molar-refractivity contribution in [2.75, 3.05) is 38.0 Å². The number of urea groups is 1. The number of hydrogen-bond acceptors (Lipinski definition) is 3. The number of nitrogens with one attached hydrogen (secondary N) is 1. The van der Waals surface area contributed by atoms with Crippen molar-refractivity contribution in [1.29, 1.82) is 0 Å².